The van der Waals surface area contributed by atoms with Crippen LogP contribution in [0.3, 0.4) is 0 Å². The summed E-state index contributed by atoms with van der Waals surface area (Å²) < 4.78 is 0. The van der Waals surface area contributed by atoms with Crippen LogP contribution in [0.15, 0.2) is 48.8 Å². The molecule has 136 valence electrons. The van der Waals surface area contributed by atoms with Crippen molar-refractivity contribution in [3.05, 3.63) is 64.9 Å². The highest BCUT2D eigenvalue weighted by molar-refractivity contribution is 6.30. The fourth-order valence-electron chi connectivity index (χ4n) is 2.90. The van der Waals surface area contributed by atoms with Crippen LogP contribution in [0.4, 0.5) is 0 Å². The Balaban J connectivity index is 1.43. The zero-order chi connectivity index (χ0) is 18.4. The van der Waals surface area contributed by atoms with Crippen LogP contribution in [0.1, 0.15) is 15.9 Å². The lowest BCUT2D eigenvalue weighted by atomic mass is 10.2. The van der Waals surface area contributed by atoms with Crippen molar-refractivity contribution in [2.24, 2.45) is 0 Å². The number of benzene rings is 1. The third-order valence-corrected chi connectivity index (χ3v) is 4.60. The molecule has 1 aliphatic rings. The lowest BCUT2D eigenvalue weighted by Crippen LogP contribution is -2.50. The Labute approximate surface area is 157 Å². The van der Waals surface area contributed by atoms with Crippen molar-refractivity contribution in [3.63, 3.8) is 0 Å². The van der Waals surface area contributed by atoms with E-state index in [4.69, 9.17) is 11.6 Å². The van der Waals surface area contributed by atoms with Crippen molar-refractivity contribution in [2.45, 2.75) is 6.54 Å². The minimum atomic E-state index is -0.294. The van der Waals surface area contributed by atoms with Gasteiger partial charge in [0, 0.05) is 55.7 Å². The van der Waals surface area contributed by atoms with Gasteiger partial charge in [-0.25, -0.2) is 0 Å². The van der Waals surface area contributed by atoms with Crippen LogP contribution in [-0.4, -0.2) is 59.3 Å². The van der Waals surface area contributed by atoms with Gasteiger partial charge >= 0.3 is 0 Å². The maximum Gasteiger partial charge on any atom is 0.251 e. The number of carbonyl (C=O) groups excluding carboxylic acids is 2. The zero-order valence-corrected chi connectivity index (χ0v) is 15.2. The average molecular weight is 373 g/mol. The summed E-state index contributed by atoms with van der Waals surface area (Å²) in [6.07, 6.45) is 3.58. The Hall–Kier alpha value is -2.44. The van der Waals surface area contributed by atoms with Gasteiger partial charge in [-0.15, -0.1) is 0 Å². The molecule has 2 aromatic rings. The molecule has 7 heteroatoms. The van der Waals surface area contributed by atoms with E-state index in [1.165, 1.54) is 5.56 Å². The van der Waals surface area contributed by atoms with Crippen molar-refractivity contribution in [1.82, 2.24) is 20.1 Å². The minimum absolute atomic E-state index is 0.00426. The van der Waals surface area contributed by atoms with Crippen LogP contribution in [0.2, 0.25) is 5.02 Å². The second-order valence-corrected chi connectivity index (χ2v) is 6.64. The summed E-state index contributed by atoms with van der Waals surface area (Å²) in [5, 5.41) is 3.16. The van der Waals surface area contributed by atoms with E-state index in [9.17, 15) is 9.59 Å². The topological polar surface area (TPSA) is 65.5 Å². The van der Waals surface area contributed by atoms with Crippen LogP contribution >= 0.6 is 11.6 Å². The highest BCUT2D eigenvalue weighted by atomic mass is 35.5. The first kappa shape index (κ1) is 18.4. The molecule has 0 aliphatic carbocycles. The molecule has 0 atom stereocenters. The van der Waals surface area contributed by atoms with Gasteiger partial charge in [0.2, 0.25) is 5.91 Å². The average Bonchev–Trinajstić information content (AvgIpc) is 2.67. The number of rotatable bonds is 5. The van der Waals surface area contributed by atoms with Gasteiger partial charge in [-0.05, 0) is 35.9 Å². The van der Waals surface area contributed by atoms with Crippen molar-refractivity contribution >= 4 is 23.4 Å². The largest absolute Gasteiger partial charge is 0.343 e. The molecule has 26 heavy (non-hydrogen) atoms. The highest BCUT2D eigenvalue weighted by Crippen LogP contribution is 2.11. The van der Waals surface area contributed by atoms with E-state index < -0.39 is 0 Å². The molecule has 1 aromatic heterocycles. The van der Waals surface area contributed by atoms with Gasteiger partial charge in [0.05, 0.1) is 6.54 Å². The maximum absolute atomic E-state index is 12.3. The van der Waals surface area contributed by atoms with E-state index in [2.05, 4.69) is 15.2 Å². The van der Waals surface area contributed by atoms with Gasteiger partial charge in [0.15, 0.2) is 0 Å². The molecule has 1 aromatic carbocycles. The van der Waals surface area contributed by atoms with Gasteiger partial charge in [0.1, 0.15) is 0 Å². The molecular weight excluding hydrogens is 352 g/mol. The standard InChI is InChI=1S/C19H21ClN4O2/c20-17-3-1-2-16(12-17)19(26)22-13-18(25)24-10-8-23(9-11-24)14-15-4-6-21-7-5-15/h1-7,12H,8-11,13-14H2,(H,22,26). The number of nitrogens with zero attached hydrogens (tertiary/aromatic N) is 3. The number of aromatic nitrogens is 1. The smallest absolute Gasteiger partial charge is 0.251 e. The fourth-order valence-corrected chi connectivity index (χ4v) is 3.09. The Morgan fingerprint density at radius 3 is 2.50 bits per heavy atom. The summed E-state index contributed by atoms with van der Waals surface area (Å²) in [7, 11) is 0. The highest BCUT2D eigenvalue weighted by Gasteiger charge is 2.21. The quantitative estimate of drug-likeness (QED) is 0.869. The van der Waals surface area contributed by atoms with Crippen molar-refractivity contribution in [2.75, 3.05) is 32.7 Å². The van der Waals surface area contributed by atoms with Crippen molar-refractivity contribution in [1.29, 1.82) is 0 Å². The molecule has 2 amide bonds. The molecule has 0 radical (unpaired) electrons. The second-order valence-electron chi connectivity index (χ2n) is 6.21. The molecule has 1 saturated heterocycles. The molecule has 1 aliphatic heterocycles. The SMILES string of the molecule is O=C(NCC(=O)N1CCN(Cc2ccncc2)CC1)c1cccc(Cl)c1. The summed E-state index contributed by atoms with van der Waals surface area (Å²) in [5.41, 5.74) is 1.67. The van der Waals surface area contributed by atoms with E-state index in [0.29, 0.717) is 23.7 Å². The van der Waals surface area contributed by atoms with E-state index in [-0.39, 0.29) is 18.4 Å². The number of halogens is 1. The minimum Gasteiger partial charge on any atom is -0.343 e. The molecular formula is C19H21ClN4O2. The number of amides is 2. The van der Waals surface area contributed by atoms with Gasteiger partial charge < -0.3 is 10.2 Å². The molecule has 0 bridgehead atoms. The predicted molar refractivity (Wildman–Crippen MR) is 99.9 cm³/mol. The monoisotopic (exact) mass is 372 g/mol. The van der Waals surface area contributed by atoms with Gasteiger partial charge in [-0.3, -0.25) is 19.5 Å². The number of nitrogens with one attached hydrogen (secondary N) is 1. The fraction of sp³-hybridized carbons (Fsp3) is 0.316. The summed E-state index contributed by atoms with van der Waals surface area (Å²) in [6.45, 7) is 3.81. The normalized spacial score (nSPS) is 14.9. The van der Waals surface area contributed by atoms with Crippen molar-refractivity contribution < 1.29 is 9.59 Å². The molecule has 0 unspecified atom stereocenters. The Morgan fingerprint density at radius 1 is 1.08 bits per heavy atom. The van der Waals surface area contributed by atoms with E-state index >= 15 is 0 Å². The third kappa shape index (κ3) is 5.03. The third-order valence-electron chi connectivity index (χ3n) is 4.37. The van der Waals surface area contributed by atoms with Crippen LogP contribution < -0.4 is 5.32 Å². The van der Waals surface area contributed by atoms with Crippen LogP contribution in [0, 0.1) is 0 Å². The van der Waals surface area contributed by atoms with Crippen LogP contribution in [0.5, 0.6) is 0 Å². The molecule has 1 N–H and O–H groups in total. The second kappa shape index (κ2) is 8.78. The number of piperazine rings is 1. The van der Waals surface area contributed by atoms with Crippen molar-refractivity contribution in [3.8, 4) is 0 Å². The molecule has 0 saturated carbocycles. The number of carbonyl (C=O) groups is 2. The molecule has 0 spiro atoms. The predicted octanol–water partition coefficient (Wildman–Crippen LogP) is 1.81. The molecule has 2 heterocycles. The summed E-state index contributed by atoms with van der Waals surface area (Å²) >= 11 is 5.88. The summed E-state index contributed by atoms with van der Waals surface area (Å²) in [4.78, 5) is 32.5. The Bertz CT molecular complexity index is 761. The first-order chi connectivity index (χ1) is 12.6. The van der Waals surface area contributed by atoms with E-state index in [0.717, 1.165) is 19.6 Å². The van der Waals surface area contributed by atoms with Gasteiger partial charge in [-0.1, -0.05) is 17.7 Å². The summed E-state index contributed by atoms with van der Waals surface area (Å²) in [6, 6.07) is 10.7. The van der Waals surface area contributed by atoms with Gasteiger partial charge in [0.25, 0.3) is 5.91 Å². The molecule has 1 fully saturated rings. The molecule has 6 nitrogen and oxygen atoms in total. The number of hydrogen-bond donors (Lipinski definition) is 1. The Kier molecular flexibility index (Phi) is 6.20. The lowest BCUT2D eigenvalue weighted by molar-refractivity contribution is -0.131. The van der Waals surface area contributed by atoms with Gasteiger partial charge in [-0.2, -0.15) is 0 Å². The zero-order valence-electron chi connectivity index (χ0n) is 14.4. The Morgan fingerprint density at radius 2 is 1.81 bits per heavy atom. The molecule has 3 rings (SSSR count). The first-order valence-corrected chi connectivity index (χ1v) is 8.92. The number of pyridine rings is 1. The van der Waals surface area contributed by atoms with E-state index in [1.807, 2.05) is 12.1 Å². The van der Waals surface area contributed by atoms with E-state index in [1.54, 1.807) is 41.6 Å². The number of hydrogen-bond acceptors (Lipinski definition) is 4. The van der Waals surface area contributed by atoms with Crippen LogP contribution in [0.25, 0.3) is 0 Å². The summed E-state index contributed by atoms with van der Waals surface area (Å²) in [5.74, 6) is -0.360. The first-order valence-electron chi connectivity index (χ1n) is 8.54. The van der Waals surface area contributed by atoms with Crippen LogP contribution in [-0.2, 0) is 11.3 Å². The maximum atomic E-state index is 12.3. The lowest BCUT2D eigenvalue weighted by Gasteiger charge is -2.34.